The van der Waals surface area contributed by atoms with Crippen LogP contribution >= 0.6 is 23.2 Å². The molecular formula is C13H11Cl2N3O. The Kier molecular flexibility index (Phi) is 4.02. The average molecular weight is 296 g/mol. The summed E-state index contributed by atoms with van der Waals surface area (Å²) in [7, 11) is 0. The van der Waals surface area contributed by atoms with Crippen molar-refractivity contribution in [2.45, 2.75) is 13.8 Å². The maximum absolute atomic E-state index is 12.1. The summed E-state index contributed by atoms with van der Waals surface area (Å²) in [5.74, 6) is -0.301. The predicted octanol–water partition coefficient (Wildman–Crippen LogP) is 3.65. The first-order valence-corrected chi connectivity index (χ1v) is 6.29. The molecule has 0 saturated carbocycles. The molecule has 0 fully saturated rings. The van der Waals surface area contributed by atoms with Crippen molar-refractivity contribution < 1.29 is 4.79 Å². The molecule has 0 aromatic carbocycles. The number of halogens is 2. The fourth-order valence-corrected chi connectivity index (χ4v) is 2.12. The van der Waals surface area contributed by atoms with E-state index in [9.17, 15) is 4.79 Å². The first kappa shape index (κ1) is 13.8. The summed E-state index contributed by atoms with van der Waals surface area (Å²) in [5, 5.41) is 3.26. The van der Waals surface area contributed by atoms with Crippen molar-refractivity contribution in [3.8, 4) is 0 Å². The van der Waals surface area contributed by atoms with Gasteiger partial charge in [0.25, 0.3) is 5.91 Å². The molecule has 0 radical (unpaired) electrons. The molecule has 1 N–H and O–H groups in total. The van der Waals surface area contributed by atoms with Crippen LogP contribution in [0.1, 0.15) is 21.6 Å². The minimum atomic E-state index is -0.301. The number of anilines is 1. The summed E-state index contributed by atoms with van der Waals surface area (Å²) in [6.07, 6.45) is 1.58. The van der Waals surface area contributed by atoms with Gasteiger partial charge in [-0.15, -0.1) is 0 Å². The van der Waals surface area contributed by atoms with Gasteiger partial charge in [0.1, 0.15) is 5.15 Å². The van der Waals surface area contributed by atoms with Gasteiger partial charge < -0.3 is 5.32 Å². The Bertz CT molecular complexity index is 603. The monoisotopic (exact) mass is 295 g/mol. The minimum absolute atomic E-state index is 0.255. The lowest BCUT2D eigenvalue weighted by Gasteiger charge is -2.10. The molecule has 0 spiro atoms. The van der Waals surface area contributed by atoms with Crippen LogP contribution in [-0.4, -0.2) is 15.9 Å². The number of nitrogens with one attached hydrogen (secondary N) is 1. The molecule has 0 aliphatic rings. The molecule has 0 aliphatic carbocycles. The number of rotatable bonds is 2. The molecule has 2 heterocycles. The quantitative estimate of drug-likeness (QED) is 0.861. The Labute approximate surface area is 120 Å². The summed E-state index contributed by atoms with van der Waals surface area (Å²) >= 11 is 11.8. The summed E-state index contributed by atoms with van der Waals surface area (Å²) in [5.41, 5.74) is 2.44. The van der Waals surface area contributed by atoms with Crippen molar-refractivity contribution in [1.82, 2.24) is 9.97 Å². The predicted molar refractivity (Wildman–Crippen MR) is 75.9 cm³/mol. The zero-order chi connectivity index (χ0) is 14.0. The minimum Gasteiger partial charge on any atom is -0.319 e. The fraction of sp³-hybridized carbons (Fsp3) is 0.154. The third kappa shape index (κ3) is 3.22. The largest absolute Gasteiger partial charge is 0.319 e. The van der Waals surface area contributed by atoms with E-state index in [1.165, 1.54) is 6.07 Å². The molecule has 2 aromatic rings. The highest BCUT2D eigenvalue weighted by molar-refractivity contribution is 6.33. The topological polar surface area (TPSA) is 54.9 Å². The molecule has 2 aromatic heterocycles. The van der Waals surface area contributed by atoms with Gasteiger partial charge in [-0.25, -0.2) is 9.97 Å². The van der Waals surface area contributed by atoms with E-state index < -0.39 is 0 Å². The molecule has 0 unspecified atom stereocenters. The second-order valence-corrected chi connectivity index (χ2v) is 4.81. The first-order valence-electron chi connectivity index (χ1n) is 5.54. The molecule has 0 aliphatic heterocycles. The summed E-state index contributed by atoms with van der Waals surface area (Å²) < 4.78 is 0. The second kappa shape index (κ2) is 5.55. The van der Waals surface area contributed by atoms with Gasteiger partial charge in [-0.05, 0) is 37.6 Å². The lowest BCUT2D eigenvalue weighted by Crippen LogP contribution is -2.14. The molecule has 19 heavy (non-hydrogen) atoms. The van der Waals surface area contributed by atoms with Crippen LogP contribution in [0.5, 0.6) is 0 Å². The number of pyridine rings is 2. The van der Waals surface area contributed by atoms with Crippen molar-refractivity contribution in [3.05, 3.63) is 51.5 Å². The molecule has 6 heteroatoms. The van der Waals surface area contributed by atoms with Crippen molar-refractivity contribution in [3.63, 3.8) is 0 Å². The Morgan fingerprint density at radius 3 is 2.63 bits per heavy atom. The van der Waals surface area contributed by atoms with E-state index in [0.717, 1.165) is 5.56 Å². The van der Waals surface area contributed by atoms with Crippen LogP contribution in [0.25, 0.3) is 0 Å². The van der Waals surface area contributed by atoms with E-state index in [2.05, 4.69) is 15.3 Å². The third-order valence-corrected chi connectivity index (χ3v) is 3.02. The van der Waals surface area contributed by atoms with Crippen LogP contribution < -0.4 is 5.32 Å². The zero-order valence-corrected chi connectivity index (χ0v) is 11.9. The van der Waals surface area contributed by atoms with Crippen LogP contribution in [0.4, 0.5) is 5.69 Å². The van der Waals surface area contributed by atoms with E-state index in [1.54, 1.807) is 25.3 Å². The first-order chi connectivity index (χ1) is 8.97. The summed E-state index contributed by atoms with van der Waals surface area (Å²) in [6.45, 7) is 3.61. The van der Waals surface area contributed by atoms with E-state index in [-0.39, 0.29) is 16.2 Å². The van der Waals surface area contributed by atoms with Crippen molar-refractivity contribution in [2.75, 3.05) is 5.32 Å². The van der Waals surface area contributed by atoms with Crippen LogP contribution in [-0.2, 0) is 0 Å². The van der Waals surface area contributed by atoms with Crippen LogP contribution in [0.3, 0.4) is 0 Å². The highest BCUT2D eigenvalue weighted by atomic mass is 35.5. The van der Waals surface area contributed by atoms with E-state index in [4.69, 9.17) is 23.2 Å². The Balaban J connectivity index is 2.31. The Hall–Kier alpha value is -1.65. The number of aryl methyl sites for hydroxylation is 2. The SMILES string of the molecule is Cc1cc(C(=O)Nc2c(C)ccnc2Cl)cc(Cl)n1. The van der Waals surface area contributed by atoms with Gasteiger partial charge in [-0.2, -0.15) is 0 Å². The number of hydrogen-bond donors (Lipinski definition) is 1. The summed E-state index contributed by atoms with van der Waals surface area (Å²) in [6, 6.07) is 4.93. The number of carbonyl (C=O) groups is 1. The second-order valence-electron chi connectivity index (χ2n) is 4.07. The molecular weight excluding hydrogens is 285 g/mol. The Morgan fingerprint density at radius 2 is 2.00 bits per heavy atom. The van der Waals surface area contributed by atoms with Crippen molar-refractivity contribution in [1.29, 1.82) is 0 Å². The number of amides is 1. The average Bonchev–Trinajstić information content (AvgIpc) is 2.32. The van der Waals surface area contributed by atoms with Crippen LogP contribution in [0.2, 0.25) is 10.3 Å². The Morgan fingerprint density at radius 1 is 1.26 bits per heavy atom. The van der Waals surface area contributed by atoms with Gasteiger partial charge in [0.2, 0.25) is 0 Å². The number of aromatic nitrogens is 2. The van der Waals surface area contributed by atoms with Gasteiger partial charge in [0, 0.05) is 17.5 Å². The van der Waals surface area contributed by atoms with Gasteiger partial charge >= 0.3 is 0 Å². The maximum atomic E-state index is 12.1. The highest BCUT2D eigenvalue weighted by Crippen LogP contribution is 2.23. The highest BCUT2D eigenvalue weighted by Gasteiger charge is 2.12. The molecule has 0 bridgehead atoms. The molecule has 1 amide bonds. The van der Waals surface area contributed by atoms with Crippen LogP contribution in [0.15, 0.2) is 24.4 Å². The third-order valence-electron chi connectivity index (χ3n) is 2.54. The molecule has 2 rings (SSSR count). The van der Waals surface area contributed by atoms with Crippen LogP contribution in [0, 0.1) is 13.8 Å². The van der Waals surface area contributed by atoms with E-state index >= 15 is 0 Å². The van der Waals surface area contributed by atoms with Gasteiger partial charge in [-0.1, -0.05) is 23.2 Å². The molecule has 4 nitrogen and oxygen atoms in total. The number of nitrogens with zero attached hydrogens (tertiary/aromatic N) is 2. The lowest BCUT2D eigenvalue weighted by molar-refractivity contribution is 0.102. The van der Waals surface area contributed by atoms with E-state index in [1.807, 2.05) is 6.92 Å². The molecule has 0 atom stereocenters. The van der Waals surface area contributed by atoms with Gasteiger partial charge in [0.05, 0.1) is 5.69 Å². The maximum Gasteiger partial charge on any atom is 0.255 e. The molecule has 0 saturated heterocycles. The van der Waals surface area contributed by atoms with Crippen molar-refractivity contribution >= 4 is 34.8 Å². The van der Waals surface area contributed by atoms with Gasteiger partial charge in [0.15, 0.2) is 5.15 Å². The normalized spacial score (nSPS) is 10.3. The number of hydrogen-bond acceptors (Lipinski definition) is 3. The standard InChI is InChI=1S/C13H11Cl2N3O/c1-7-3-4-16-12(15)11(7)18-13(19)9-5-8(2)17-10(14)6-9/h3-6H,1-2H3,(H,18,19). The summed E-state index contributed by atoms with van der Waals surface area (Å²) in [4.78, 5) is 20.1. The fourth-order valence-electron chi connectivity index (χ4n) is 1.62. The molecule has 98 valence electrons. The lowest BCUT2D eigenvalue weighted by atomic mass is 10.2. The zero-order valence-electron chi connectivity index (χ0n) is 10.4. The van der Waals surface area contributed by atoms with E-state index in [0.29, 0.717) is 16.9 Å². The smallest absolute Gasteiger partial charge is 0.255 e. The number of carbonyl (C=O) groups excluding carboxylic acids is 1. The van der Waals surface area contributed by atoms with Crippen molar-refractivity contribution in [2.24, 2.45) is 0 Å². The van der Waals surface area contributed by atoms with Gasteiger partial charge in [-0.3, -0.25) is 4.79 Å².